The molecule has 0 atom stereocenters. The second-order valence-electron chi connectivity index (χ2n) is 3.74. The van der Waals surface area contributed by atoms with Crippen molar-refractivity contribution >= 4 is 35.0 Å². The van der Waals surface area contributed by atoms with Gasteiger partial charge in [0, 0.05) is 6.20 Å². The molecule has 0 aliphatic heterocycles. The monoisotopic (exact) mass is 315 g/mol. The van der Waals surface area contributed by atoms with Gasteiger partial charge < -0.3 is 4.98 Å². The van der Waals surface area contributed by atoms with E-state index in [2.05, 4.69) is 15.8 Å². The first kappa shape index (κ1) is 14.4. The number of hydrazine groups is 1. The molecule has 0 aliphatic carbocycles. The normalized spacial score (nSPS) is 10.2. The number of benzene rings is 1. The number of rotatable bonds is 2. The number of carbonyl (C=O) groups is 2. The van der Waals surface area contributed by atoms with E-state index in [1.165, 1.54) is 6.07 Å². The minimum absolute atomic E-state index is 0.0250. The van der Waals surface area contributed by atoms with Gasteiger partial charge in [0.05, 0.1) is 15.6 Å². The maximum absolute atomic E-state index is 13.3. The van der Waals surface area contributed by atoms with Crippen molar-refractivity contribution < 1.29 is 14.0 Å². The van der Waals surface area contributed by atoms with Crippen LogP contribution in [0.15, 0.2) is 30.5 Å². The van der Waals surface area contributed by atoms with E-state index < -0.39 is 17.6 Å². The Morgan fingerprint density at radius 1 is 1.10 bits per heavy atom. The van der Waals surface area contributed by atoms with Crippen molar-refractivity contribution in [2.45, 2.75) is 0 Å². The summed E-state index contributed by atoms with van der Waals surface area (Å²) in [5.74, 6) is -2.09. The van der Waals surface area contributed by atoms with E-state index in [0.717, 1.165) is 12.1 Å². The zero-order valence-corrected chi connectivity index (χ0v) is 11.3. The quantitative estimate of drug-likeness (QED) is 0.588. The first-order chi connectivity index (χ1) is 9.49. The van der Waals surface area contributed by atoms with Gasteiger partial charge in [-0.25, -0.2) is 4.39 Å². The molecule has 2 rings (SSSR count). The van der Waals surface area contributed by atoms with Crippen LogP contribution in [0.1, 0.15) is 20.8 Å². The van der Waals surface area contributed by atoms with Gasteiger partial charge in [-0.3, -0.25) is 20.4 Å². The Labute approximate surface area is 123 Å². The molecule has 0 fully saturated rings. The van der Waals surface area contributed by atoms with Crippen LogP contribution in [0.5, 0.6) is 0 Å². The molecule has 20 heavy (non-hydrogen) atoms. The Bertz CT molecular complexity index is 659. The highest BCUT2D eigenvalue weighted by atomic mass is 35.5. The molecule has 0 unspecified atom stereocenters. The summed E-state index contributed by atoms with van der Waals surface area (Å²) in [7, 11) is 0. The van der Waals surface area contributed by atoms with Gasteiger partial charge in [-0.15, -0.1) is 0 Å². The van der Waals surface area contributed by atoms with Crippen molar-refractivity contribution in [3.8, 4) is 0 Å². The van der Waals surface area contributed by atoms with Gasteiger partial charge in [-0.1, -0.05) is 23.2 Å². The topological polar surface area (TPSA) is 74.0 Å². The van der Waals surface area contributed by atoms with E-state index in [-0.39, 0.29) is 21.3 Å². The second-order valence-corrected chi connectivity index (χ2v) is 4.55. The fourth-order valence-corrected chi connectivity index (χ4v) is 1.89. The Balaban J connectivity index is 2.06. The molecule has 0 aliphatic rings. The van der Waals surface area contributed by atoms with Crippen molar-refractivity contribution in [3.63, 3.8) is 0 Å². The lowest BCUT2D eigenvalue weighted by molar-refractivity contribution is 0.0844. The summed E-state index contributed by atoms with van der Waals surface area (Å²) in [6.45, 7) is 0. The molecular formula is C12H8Cl2FN3O2. The van der Waals surface area contributed by atoms with Crippen LogP contribution < -0.4 is 10.9 Å². The molecule has 1 aromatic heterocycles. The van der Waals surface area contributed by atoms with E-state index in [1.807, 2.05) is 0 Å². The molecule has 2 amide bonds. The average molecular weight is 316 g/mol. The summed E-state index contributed by atoms with van der Waals surface area (Å²) >= 11 is 11.3. The molecule has 0 saturated carbocycles. The van der Waals surface area contributed by atoms with Gasteiger partial charge in [0.15, 0.2) is 0 Å². The number of nitrogens with one attached hydrogen (secondary N) is 3. The molecule has 2 aromatic rings. The first-order valence-electron chi connectivity index (χ1n) is 5.37. The van der Waals surface area contributed by atoms with Gasteiger partial charge >= 0.3 is 0 Å². The summed E-state index contributed by atoms with van der Waals surface area (Å²) in [5.41, 5.74) is 4.41. The minimum Gasteiger partial charge on any atom is -0.357 e. The molecule has 8 heteroatoms. The van der Waals surface area contributed by atoms with Gasteiger partial charge in [-0.2, -0.15) is 0 Å². The Morgan fingerprint density at radius 3 is 2.45 bits per heavy atom. The van der Waals surface area contributed by atoms with Crippen LogP contribution >= 0.6 is 23.2 Å². The third kappa shape index (κ3) is 3.09. The maximum Gasteiger partial charge on any atom is 0.286 e. The van der Waals surface area contributed by atoms with Crippen LogP contribution in [0, 0.1) is 5.82 Å². The zero-order chi connectivity index (χ0) is 14.7. The molecular weight excluding hydrogens is 308 g/mol. The third-order valence-corrected chi connectivity index (χ3v) is 2.99. The van der Waals surface area contributed by atoms with Crippen molar-refractivity contribution in [1.82, 2.24) is 15.8 Å². The number of hydrogen-bond acceptors (Lipinski definition) is 2. The zero-order valence-electron chi connectivity index (χ0n) is 9.84. The lowest BCUT2D eigenvalue weighted by atomic mass is 10.2. The third-order valence-electron chi connectivity index (χ3n) is 2.39. The molecule has 0 spiro atoms. The van der Waals surface area contributed by atoms with Crippen LogP contribution in [0.2, 0.25) is 10.0 Å². The number of hydrogen-bond donors (Lipinski definition) is 3. The van der Waals surface area contributed by atoms with Gasteiger partial charge in [-0.05, 0) is 24.3 Å². The molecule has 0 radical (unpaired) electrons. The molecule has 1 aromatic carbocycles. The van der Waals surface area contributed by atoms with E-state index in [1.54, 1.807) is 12.3 Å². The van der Waals surface area contributed by atoms with Crippen molar-refractivity contribution in [2.75, 3.05) is 0 Å². The van der Waals surface area contributed by atoms with E-state index >= 15 is 0 Å². The fourth-order valence-electron chi connectivity index (χ4n) is 1.42. The predicted molar refractivity (Wildman–Crippen MR) is 72.1 cm³/mol. The van der Waals surface area contributed by atoms with Crippen LogP contribution in [0.3, 0.4) is 0 Å². The summed E-state index contributed by atoms with van der Waals surface area (Å²) in [4.78, 5) is 26.0. The lowest BCUT2D eigenvalue weighted by Gasteiger charge is -2.08. The number of carbonyl (C=O) groups excluding carboxylic acids is 2. The molecule has 5 nitrogen and oxygen atoms in total. The van der Waals surface area contributed by atoms with E-state index in [4.69, 9.17) is 23.2 Å². The molecule has 104 valence electrons. The highest BCUT2D eigenvalue weighted by molar-refractivity contribution is 6.36. The van der Waals surface area contributed by atoms with Crippen molar-refractivity contribution in [2.24, 2.45) is 0 Å². The Kier molecular flexibility index (Phi) is 4.26. The smallest absolute Gasteiger partial charge is 0.286 e. The van der Waals surface area contributed by atoms with Gasteiger partial charge in [0.1, 0.15) is 11.5 Å². The van der Waals surface area contributed by atoms with Crippen LogP contribution in [-0.4, -0.2) is 16.8 Å². The first-order valence-corrected chi connectivity index (χ1v) is 6.13. The summed E-state index contributed by atoms with van der Waals surface area (Å²) in [6.07, 6.45) is 1.56. The van der Waals surface area contributed by atoms with Crippen LogP contribution in [0.4, 0.5) is 4.39 Å². The minimum atomic E-state index is -0.781. The number of aromatic amines is 1. The second kappa shape index (κ2) is 5.94. The molecule has 0 bridgehead atoms. The van der Waals surface area contributed by atoms with E-state index in [0.29, 0.717) is 0 Å². The van der Waals surface area contributed by atoms with Crippen LogP contribution in [0.25, 0.3) is 0 Å². The molecule has 3 N–H and O–H groups in total. The summed E-state index contributed by atoms with van der Waals surface area (Å²) in [6, 6.07) is 5.15. The van der Waals surface area contributed by atoms with Gasteiger partial charge in [0.25, 0.3) is 11.8 Å². The van der Waals surface area contributed by atoms with Crippen molar-refractivity contribution in [3.05, 3.63) is 57.6 Å². The molecule has 1 heterocycles. The Morgan fingerprint density at radius 2 is 1.80 bits per heavy atom. The maximum atomic E-state index is 13.3. The lowest BCUT2D eigenvalue weighted by Crippen LogP contribution is -2.41. The van der Waals surface area contributed by atoms with Crippen LogP contribution in [-0.2, 0) is 0 Å². The average Bonchev–Trinajstić information content (AvgIpc) is 2.94. The van der Waals surface area contributed by atoms with E-state index in [9.17, 15) is 14.0 Å². The molecule has 0 saturated heterocycles. The highest BCUT2D eigenvalue weighted by Crippen LogP contribution is 2.24. The fraction of sp³-hybridized carbons (Fsp3) is 0. The number of aromatic nitrogens is 1. The Hall–Kier alpha value is -2.05. The van der Waals surface area contributed by atoms with Crippen molar-refractivity contribution in [1.29, 1.82) is 0 Å². The number of halogens is 3. The highest BCUT2D eigenvalue weighted by Gasteiger charge is 2.15. The SMILES string of the molecule is O=C(NNC(=O)c1cc(F)c(Cl)cc1Cl)c1ccc[nH]1. The largest absolute Gasteiger partial charge is 0.357 e. The predicted octanol–water partition coefficient (Wildman–Crippen LogP) is 2.54. The van der Waals surface area contributed by atoms with Gasteiger partial charge in [0.2, 0.25) is 0 Å². The number of amides is 2. The number of H-pyrrole nitrogens is 1. The standard InChI is InChI=1S/C12H8Cl2FN3O2/c13-7-5-8(14)9(15)4-6(7)11(19)17-18-12(20)10-2-1-3-16-10/h1-5,16H,(H,17,19)(H,18,20). The summed E-state index contributed by atoms with van der Waals surface area (Å²) < 4.78 is 13.3. The summed E-state index contributed by atoms with van der Waals surface area (Å²) in [5, 5.41) is -0.218.